The minimum Gasteiger partial charge on any atom is -0.496 e. The van der Waals surface area contributed by atoms with E-state index in [1.807, 2.05) is 0 Å². The Bertz CT molecular complexity index is 1820. The smallest absolute Gasteiger partial charge is 0.438 e. The molecule has 2 aliphatic carbocycles. The van der Waals surface area contributed by atoms with Gasteiger partial charge < -0.3 is 38.1 Å². The van der Waals surface area contributed by atoms with E-state index in [4.69, 9.17) is 38.6 Å². The van der Waals surface area contributed by atoms with Crippen LogP contribution in [0.2, 0.25) is 0 Å². The molecular weight excluding hydrogens is 740 g/mol. The predicted octanol–water partition coefficient (Wildman–Crippen LogP) is 6.62. The summed E-state index contributed by atoms with van der Waals surface area (Å²) in [6.45, 7) is 21.1. The van der Waals surface area contributed by atoms with E-state index in [0.29, 0.717) is 43.7 Å². The summed E-state index contributed by atoms with van der Waals surface area (Å²) in [4.78, 5) is 60.7. The summed E-state index contributed by atoms with van der Waals surface area (Å²) in [7, 11) is 3.64. The van der Waals surface area contributed by atoms with Crippen LogP contribution in [0.4, 0.5) is 19.2 Å². The zero-order valence-electron chi connectivity index (χ0n) is 35.8. The molecule has 0 radical (unpaired) electrons. The fraction of sp³-hybridized carbons (Fsp3) is 0.700. The molecule has 2 fully saturated rings. The summed E-state index contributed by atoms with van der Waals surface area (Å²) in [6, 6.07) is 0.371. The Morgan fingerprint density at radius 3 is 2.00 bits per heavy atom. The fourth-order valence-electron chi connectivity index (χ4n) is 8.37. The van der Waals surface area contributed by atoms with Gasteiger partial charge in [0.05, 0.1) is 13.2 Å². The van der Waals surface area contributed by atoms with E-state index in [2.05, 4.69) is 27.6 Å². The lowest BCUT2D eigenvalue weighted by atomic mass is 9.51. The van der Waals surface area contributed by atoms with Gasteiger partial charge in [-0.15, -0.1) is 4.99 Å². The number of alkyl carbamates (subject to hydrolysis) is 2. The molecule has 0 unspecified atom stereocenters. The number of benzene rings is 1. The van der Waals surface area contributed by atoms with Crippen LogP contribution in [0.3, 0.4) is 0 Å². The van der Waals surface area contributed by atoms with E-state index in [-0.39, 0.29) is 17.7 Å². The lowest BCUT2D eigenvalue weighted by Gasteiger charge is -2.59. The molecule has 4 amide bonds. The number of aliphatic imine (C=N–C) groups is 1. The number of likely N-dealkylation sites (N-methyl/N-ethyl adjacent to an activating group) is 1. The van der Waals surface area contributed by atoms with Crippen molar-refractivity contribution in [2.24, 2.45) is 10.9 Å². The Morgan fingerprint density at radius 2 is 1.44 bits per heavy atom. The van der Waals surface area contributed by atoms with Crippen LogP contribution in [0.15, 0.2) is 11.1 Å². The largest absolute Gasteiger partial charge is 0.496 e. The second-order valence-corrected chi connectivity index (χ2v) is 19.0. The number of carbonyl (C=O) groups is 4. The van der Waals surface area contributed by atoms with Gasteiger partial charge in [0.25, 0.3) is 0 Å². The highest BCUT2D eigenvalue weighted by Crippen LogP contribution is 2.65. The van der Waals surface area contributed by atoms with E-state index < -0.39 is 76.3 Å². The molecule has 4 aliphatic rings. The van der Waals surface area contributed by atoms with Crippen LogP contribution in [0.1, 0.15) is 113 Å². The molecule has 2 bridgehead atoms. The van der Waals surface area contributed by atoms with Gasteiger partial charge in [-0.3, -0.25) is 10.7 Å². The number of nitrogens with zero attached hydrogens (tertiary/aromatic N) is 3. The third kappa shape index (κ3) is 9.50. The van der Waals surface area contributed by atoms with Crippen LogP contribution in [0.5, 0.6) is 17.2 Å². The number of hydrogen-bond acceptors (Lipinski definition) is 13. The Balaban J connectivity index is 1.65. The summed E-state index contributed by atoms with van der Waals surface area (Å²) in [5.41, 5.74) is -2.59. The van der Waals surface area contributed by atoms with E-state index in [1.165, 1.54) is 0 Å². The summed E-state index contributed by atoms with van der Waals surface area (Å²) in [5.74, 6) is 0.406. The number of hydrogen-bond donors (Lipinski definition) is 3. The van der Waals surface area contributed by atoms with Gasteiger partial charge >= 0.3 is 30.4 Å². The van der Waals surface area contributed by atoms with Gasteiger partial charge in [0, 0.05) is 28.7 Å². The van der Waals surface area contributed by atoms with E-state index in [9.17, 15) is 19.2 Å². The van der Waals surface area contributed by atoms with E-state index in [1.54, 1.807) is 96.3 Å². The maximum Gasteiger partial charge on any atom is 0.438 e. The number of guanidine groups is 1. The van der Waals surface area contributed by atoms with Crippen LogP contribution < -0.4 is 24.8 Å². The number of ether oxygens (including phenoxy) is 7. The molecule has 1 spiro atoms. The average molecular weight is 801 g/mol. The monoisotopic (exact) mass is 800 g/mol. The summed E-state index contributed by atoms with van der Waals surface area (Å²) < 4.78 is 41.5. The molecular formula is C40H60N6O11. The molecule has 3 N–H and O–H groups in total. The standard InChI is InChI=1S/C40H60N6O11/c1-36(2,3)54-32(47)42-30(41)46(35(50)57-39(10,11)12)23-16-15-22-24-19-21-25(51-14)20-26(28-27(21)40(22,29(23)53-28)17-18-45(24)13)52-31(43-33(48)55-37(4,5)6)44-34(49)56-38(7,8)9/h20,22-24,29H,15-19H2,1-14H3,(H2,41,42,47)(H,43,44,48,49)/t22-,23-,24+,29-,40-/m0/s1. The van der Waals surface area contributed by atoms with Crippen LogP contribution in [0.25, 0.3) is 0 Å². The quantitative estimate of drug-likeness (QED) is 0.168. The third-order valence-corrected chi connectivity index (χ3v) is 10.0. The SMILES string of the molecule is COc1cc(OC(=NC(=O)OC(C)(C)C)NC(=O)OC(C)(C)C)c2c3c1C[C@@H]1[C@@H]4CC[C@H](N(C(=N)NC(=O)OC(C)(C)C)C(=O)OC(C)(C)C)[C@H](O2)[C@]34CCN1C. The van der Waals surface area contributed by atoms with Crippen LogP contribution in [0, 0.1) is 11.3 Å². The maximum atomic E-state index is 14.2. The molecule has 1 aromatic rings. The van der Waals surface area contributed by atoms with Crippen LogP contribution in [-0.2, 0) is 30.8 Å². The van der Waals surface area contributed by atoms with Crippen molar-refractivity contribution in [1.29, 1.82) is 5.41 Å². The van der Waals surface area contributed by atoms with Crippen LogP contribution in [-0.4, -0.2) is 107 Å². The van der Waals surface area contributed by atoms with Gasteiger partial charge in [-0.2, -0.15) is 0 Å². The zero-order chi connectivity index (χ0) is 42.6. The third-order valence-electron chi connectivity index (χ3n) is 10.0. The fourth-order valence-corrected chi connectivity index (χ4v) is 8.37. The van der Waals surface area contributed by atoms with Crippen molar-refractivity contribution in [3.63, 3.8) is 0 Å². The molecule has 5 rings (SSSR count). The number of carbonyl (C=O) groups excluding carboxylic acids is 4. The molecule has 1 saturated carbocycles. The lowest BCUT2D eigenvalue weighted by molar-refractivity contribution is -0.0742. The molecule has 17 heteroatoms. The van der Waals surface area contributed by atoms with Gasteiger partial charge in [0.15, 0.2) is 11.5 Å². The number of piperidine rings is 1. The number of nitrogens with one attached hydrogen (secondary N) is 3. The second kappa shape index (κ2) is 15.2. The first-order valence-corrected chi connectivity index (χ1v) is 19.3. The van der Waals surface area contributed by atoms with Gasteiger partial charge in [0.1, 0.15) is 34.3 Å². The van der Waals surface area contributed by atoms with Crippen molar-refractivity contribution >= 4 is 36.4 Å². The number of rotatable bonds is 3. The number of methoxy groups -OCH3 is 1. The van der Waals surface area contributed by atoms with Crippen molar-refractivity contribution in [2.45, 2.75) is 155 Å². The van der Waals surface area contributed by atoms with Gasteiger partial charge in [-0.1, -0.05) is 0 Å². The van der Waals surface area contributed by atoms with E-state index >= 15 is 0 Å². The molecule has 57 heavy (non-hydrogen) atoms. The topological polar surface area (TPSA) is 200 Å². The minimum atomic E-state index is -1.02. The minimum absolute atomic E-state index is 0.0504. The second-order valence-electron chi connectivity index (χ2n) is 19.0. The Hall–Kier alpha value is -4.80. The number of amidine groups is 1. The molecule has 2 heterocycles. The highest BCUT2D eigenvalue weighted by atomic mass is 16.6. The van der Waals surface area contributed by atoms with Crippen molar-refractivity contribution in [1.82, 2.24) is 20.4 Å². The van der Waals surface area contributed by atoms with Crippen LogP contribution >= 0.6 is 0 Å². The Labute approximate surface area is 334 Å². The molecule has 316 valence electrons. The van der Waals surface area contributed by atoms with Crippen molar-refractivity contribution in [2.75, 3.05) is 20.7 Å². The highest BCUT2D eigenvalue weighted by molar-refractivity contribution is 6.00. The predicted molar refractivity (Wildman–Crippen MR) is 209 cm³/mol. The molecule has 0 aromatic heterocycles. The first-order chi connectivity index (χ1) is 26.1. The first kappa shape index (κ1) is 43.3. The van der Waals surface area contributed by atoms with Crippen molar-refractivity contribution in [3.8, 4) is 17.2 Å². The van der Waals surface area contributed by atoms with Crippen molar-refractivity contribution < 1.29 is 52.3 Å². The van der Waals surface area contributed by atoms with E-state index in [0.717, 1.165) is 16.0 Å². The Morgan fingerprint density at radius 1 is 0.860 bits per heavy atom. The van der Waals surface area contributed by atoms with Crippen molar-refractivity contribution in [3.05, 3.63) is 17.2 Å². The molecule has 1 aromatic carbocycles. The average Bonchev–Trinajstić information content (AvgIpc) is 3.35. The number of likely N-dealkylation sites (tertiary alicyclic amines) is 1. The zero-order valence-corrected chi connectivity index (χ0v) is 35.8. The molecule has 5 atom stereocenters. The van der Waals surface area contributed by atoms with Gasteiger partial charge in [-0.25, -0.2) is 29.4 Å². The van der Waals surface area contributed by atoms with Gasteiger partial charge in [-0.05, 0) is 128 Å². The Kier molecular flexibility index (Phi) is 11.5. The highest BCUT2D eigenvalue weighted by Gasteiger charge is 2.67. The first-order valence-electron chi connectivity index (χ1n) is 19.3. The summed E-state index contributed by atoms with van der Waals surface area (Å²) >= 11 is 0. The summed E-state index contributed by atoms with van der Waals surface area (Å²) in [6.07, 6.45) is -2.17. The molecule has 17 nitrogen and oxygen atoms in total. The molecule has 1 saturated heterocycles. The van der Waals surface area contributed by atoms with Gasteiger partial charge in [0.2, 0.25) is 5.96 Å². The number of amides is 4. The summed E-state index contributed by atoms with van der Waals surface area (Å²) in [5, 5.41) is 14.0. The lowest BCUT2D eigenvalue weighted by Crippen LogP contribution is -2.70. The normalized spacial score (nSPS) is 24.2. The maximum absolute atomic E-state index is 14.2. The molecule has 2 aliphatic heterocycles.